The van der Waals surface area contributed by atoms with Crippen molar-refractivity contribution in [3.8, 4) is 5.75 Å². The Hall–Kier alpha value is -3.88. The summed E-state index contributed by atoms with van der Waals surface area (Å²) in [6.07, 6.45) is 3.77. The van der Waals surface area contributed by atoms with E-state index in [-0.39, 0.29) is 42.0 Å². The fourth-order valence-corrected chi connectivity index (χ4v) is 6.68. The lowest BCUT2D eigenvalue weighted by Crippen LogP contribution is -2.50. The summed E-state index contributed by atoms with van der Waals surface area (Å²) in [4.78, 5) is 60.8. The minimum atomic E-state index is -0.282. The maximum absolute atomic E-state index is 13.7. The number of hydrogen-bond acceptors (Lipinski definition) is 6. The Morgan fingerprint density at radius 2 is 1.67 bits per heavy atom. The summed E-state index contributed by atoms with van der Waals surface area (Å²) in [5.74, 6) is 0.0483. The van der Waals surface area contributed by atoms with Crippen molar-refractivity contribution in [3.63, 3.8) is 0 Å². The molecule has 3 aliphatic rings. The van der Waals surface area contributed by atoms with Gasteiger partial charge in [0.2, 0.25) is 11.8 Å². The minimum Gasteiger partial charge on any atom is -0.497 e. The molecule has 5 rings (SSSR count). The van der Waals surface area contributed by atoms with Crippen LogP contribution in [-0.2, 0) is 16.0 Å². The predicted octanol–water partition coefficient (Wildman–Crippen LogP) is 3.86. The quantitative estimate of drug-likeness (QED) is 0.423. The number of hydrogen-bond donors (Lipinski definition) is 0. The number of rotatable bonds is 9. The Morgan fingerprint density at radius 1 is 0.929 bits per heavy atom. The molecular weight excluding hydrogens is 532 g/mol. The van der Waals surface area contributed by atoms with Crippen molar-refractivity contribution in [2.24, 2.45) is 11.8 Å². The van der Waals surface area contributed by atoms with E-state index in [1.807, 2.05) is 60.0 Å². The first kappa shape index (κ1) is 29.6. The second-order valence-electron chi connectivity index (χ2n) is 11.5. The molecule has 9 nitrogen and oxygen atoms in total. The number of carbonyl (C=O) groups is 4. The van der Waals surface area contributed by atoms with Crippen LogP contribution in [0.4, 0.5) is 5.69 Å². The van der Waals surface area contributed by atoms with Crippen LogP contribution in [0.2, 0.25) is 0 Å². The number of anilines is 1. The van der Waals surface area contributed by atoms with Crippen molar-refractivity contribution < 1.29 is 23.9 Å². The van der Waals surface area contributed by atoms with Crippen LogP contribution in [0.3, 0.4) is 0 Å². The van der Waals surface area contributed by atoms with E-state index < -0.39 is 0 Å². The van der Waals surface area contributed by atoms with Crippen molar-refractivity contribution in [3.05, 3.63) is 59.2 Å². The monoisotopic (exact) mass is 574 g/mol. The third-order valence-electron chi connectivity index (χ3n) is 9.00. The number of nitrogens with zero attached hydrogens (tertiary/aromatic N) is 4. The number of benzene rings is 2. The maximum Gasteiger partial charge on any atom is 0.263 e. The molecular formula is C33H42N4O5. The maximum atomic E-state index is 13.7. The van der Waals surface area contributed by atoms with Crippen LogP contribution < -0.4 is 9.64 Å². The van der Waals surface area contributed by atoms with Crippen molar-refractivity contribution in [2.75, 3.05) is 57.8 Å². The van der Waals surface area contributed by atoms with Crippen molar-refractivity contribution >= 4 is 29.3 Å². The number of carbonyl (C=O) groups excluding carboxylic acids is 4. The highest BCUT2D eigenvalue weighted by atomic mass is 16.5. The molecule has 0 radical (unpaired) electrons. The van der Waals surface area contributed by atoms with Gasteiger partial charge in [-0.15, -0.1) is 0 Å². The number of imide groups is 1. The van der Waals surface area contributed by atoms with Gasteiger partial charge in [-0.2, -0.15) is 0 Å². The Kier molecular flexibility index (Phi) is 9.14. The van der Waals surface area contributed by atoms with Crippen LogP contribution >= 0.6 is 0 Å². The average Bonchev–Trinajstić information content (AvgIpc) is 3.28. The van der Waals surface area contributed by atoms with Crippen molar-refractivity contribution in [1.82, 2.24) is 14.7 Å². The highest BCUT2D eigenvalue weighted by molar-refractivity contribution is 6.23. The van der Waals surface area contributed by atoms with E-state index in [0.717, 1.165) is 42.7 Å². The van der Waals surface area contributed by atoms with E-state index in [1.54, 1.807) is 13.2 Å². The highest BCUT2D eigenvalue weighted by Crippen LogP contribution is 2.35. The van der Waals surface area contributed by atoms with Gasteiger partial charge in [0.15, 0.2) is 0 Å². The van der Waals surface area contributed by atoms with Gasteiger partial charge in [-0.05, 0) is 75.8 Å². The Morgan fingerprint density at radius 3 is 2.43 bits per heavy atom. The van der Waals surface area contributed by atoms with Gasteiger partial charge in [0.05, 0.1) is 35.8 Å². The standard InChI is InChI=1S/C33H42N4O5/c1-4-34(5-2)30(38)25-12-9-18-36(22-25)31(39)24-11-8-17-35(21-24)28-15-7-14-27-29(28)33(41)37(32(27)40)19-16-23-10-6-13-26(20-23)42-3/h6-7,10,13-15,20,24-25H,4-5,8-9,11-12,16-19,21-22H2,1-3H3/t24-,25+/m0/s1. The van der Waals surface area contributed by atoms with Gasteiger partial charge in [-0.1, -0.05) is 18.2 Å². The number of methoxy groups -OCH3 is 1. The van der Waals surface area contributed by atoms with Crippen LogP contribution in [0.1, 0.15) is 65.8 Å². The largest absolute Gasteiger partial charge is 0.497 e. The molecule has 3 heterocycles. The molecule has 0 aliphatic carbocycles. The van der Waals surface area contributed by atoms with Gasteiger partial charge in [0.25, 0.3) is 11.8 Å². The van der Waals surface area contributed by atoms with Crippen LogP contribution in [-0.4, -0.2) is 91.3 Å². The molecule has 0 saturated carbocycles. The molecule has 0 bridgehead atoms. The lowest BCUT2D eigenvalue weighted by Gasteiger charge is -2.39. The molecule has 3 aliphatic heterocycles. The number of ether oxygens (including phenoxy) is 1. The summed E-state index contributed by atoms with van der Waals surface area (Å²) in [7, 11) is 1.61. The van der Waals surface area contributed by atoms with Crippen LogP contribution in [0, 0.1) is 11.8 Å². The van der Waals surface area contributed by atoms with Gasteiger partial charge in [-0.3, -0.25) is 24.1 Å². The molecule has 0 spiro atoms. The number of fused-ring (bicyclic) bond motifs is 1. The predicted molar refractivity (Wildman–Crippen MR) is 161 cm³/mol. The van der Waals surface area contributed by atoms with E-state index in [1.165, 1.54) is 4.90 Å². The first-order chi connectivity index (χ1) is 20.4. The average molecular weight is 575 g/mol. The lowest BCUT2D eigenvalue weighted by molar-refractivity contribution is -0.142. The van der Waals surface area contributed by atoms with Gasteiger partial charge < -0.3 is 19.4 Å². The first-order valence-electron chi connectivity index (χ1n) is 15.3. The molecule has 0 unspecified atom stereocenters. The smallest absolute Gasteiger partial charge is 0.263 e. The zero-order valence-electron chi connectivity index (χ0n) is 25.0. The second kappa shape index (κ2) is 13.0. The van der Waals surface area contributed by atoms with E-state index in [9.17, 15) is 19.2 Å². The van der Waals surface area contributed by atoms with Gasteiger partial charge >= 0.3 is 0 Å². The topological polar surface area (TPSA) is 90.5 Å². The first-order valence-corrected chi connectivity index (χ1v) is 15.3. The molecule has 4 amide bonds. The minimum absolute atomic E-state index is 0.0895. The normalized spacial score (nSPS) is 20.5. The van der Waals surface area contributed by atoms with Gasteiger partial charge in [0.1, 0.15) is 5.75 Å². The SMILES string of the molecule is CCN(CC)C(=O)[C@@H]1CCCN(C(=O)[C@H]2CCCN(c3cccc4c3C(=O)N(CCc3cccc(OC)c3)C4=O)C2)C1. The third kappa shape index (κ3) is 5.87. The zero-order chi connectivity index (χ0) is 29.8. The molecule has 2 atom stereocenters. The summed E-state index contributed by atoms with van der Waals surface area (Å²) in [5.41, 5.74) is 2.57. The molecule has 0 N–H and O–H groups in total. The van der Waals surface area contributed by atoms with Crippen LogP contribution in [0.15, 0.2) is 42.5 Å². The lowest BCUT2D eigenvalue weighted by atomic mass is 9.91. The third-order valence-corrected chi connectivity index (χ3v) is 9.00. The number of amides is 4. The molecule has 42 heavy (non-hydrogen) atoms. The van der Waals surface area contributed by atoms with E-state index in [2.05, 4.69) is 4.90 Å². The van der Waals surface area contributed by atoms with E-state index in [4.69, 9.17) is 4.74 Å². The van der Waals surface area contributed by atoms with E-state index in [0.29, 0.717) is 56.8 Å². The highest BCUT2D eigenvalue weighted by Gasteiger charge is 2.40. The van der Waals surface area contributed by atoms with Gasteiger partial charge in [-0.25, -0.2) is 0 Å². The van der Waals surface area contributed by atoms with Crippen LogP contribution in [0.25, 0.3) is 0 Å². The summed E-state index contributed by atoms with van der Waals surface area (Å²) < 4.78 is 5.30. The summed E-state index contributed by atoms with van der Waals surface area (Å²) in [6.45, 7) is 7.97. The molecule has 2 saturated heterocycles. The molecule has 224 valence electrons. The Bertz CT molecular complexity index is 1340. The molecule has 9 heteroatoms. The second-order valence-corrected chi connectivity index (χ2v) is 11.5. The fraction of sp³-hybridized carbons (Fsp3) is 0.515. The van der Waals surface area contributed by atoms with Crippen molar-refractivity contribution in [1.29, 1.82) is 0 Å². The summed E-state index contributed by atoms with van der Waals surface area (Å²) in [6, 6.07) is 13.1. The van der Waals surface area contributed by atoms with Crippen molar-refractivity contribution in [2.45, 2.75) is 46.0 Å². The molecule has 0 aromatic heterocycles. The number of piperidine rings is 2. The number of likely N-dealkylation sites (tertiary alicyclic amines) is 1. The molecule has 2 fully saturated rings. The Labute approximate surface area is 248 Å². The summed E-state index contributed by atoms with van der Waals surface area (Å²) in [5, 5.41) is 0. The molecule has 2 aromatic rings. The van der Waals surface area contributed by atoms with Gasteiger partial charge in [0, 0.05) is 45.8 Å². The van der Waals surface area contributed by atoms with E-state index >= 15 is 0 Å². The van der Waals surface area contributed by atoms with Crippen LogP contribution in [0.5, 0.6) is 5.75 Å². The fourth-order valence-electron chi connectivity index (χ4n) is 6.68. The summed E-state index contributed by atoms with van der Waals surface area (Å²) >= 11 is 0. The molecule has 2 aromatic carbocycles. The Balaban J connectivity index is 1.27. The zero-order valence-corrected chi connectivity index (χ0v) is 25.0.